The Morgan fingerprint density at radius 3 is 2.75 bits per heavy atom. The highest BCUT2D eigenvalue weighted by Gasteiger charge is 2.46. The highest BCUT2D eigenvalue weighted by molar-refractivity contribution is 6.01. The molecule has 1 nitrogen and oxygen atoms in total. The van der Waals surface area contributed by atoms with Crippen LogP contribution < -0.4 is 0 Å². The lowest BCUT2D eigenvalue weighted by atomic mass is 9.74. The van der Waals surface area contributed by atoms with Crippen molar-refractivity contribution in [3.8, 4) is 0 Å². The van der Waals surface area contributed by atoms with Crippen LogP contribution in [0.4, 0.5) is 0 Å². The molecule has 0 spiro atoms. The summed E-state index contributed by atoms with van der Waals surface area (Å²) in [5.74, 6) is 1.13. The summed E-state index contributed by atoms with van der Waals surface area (Å²) in [5.41, 5.74) is 2.41. The van der Waals surface area contributed by atoms with E-state index in [1.54, 1.807) is 0 Å². The zero-order valence-electron chi connectivity index (χ0n) is 8.11. The SMILES string of the molecule is CC1=C(C)[C@H]2CC[C@](C)(C2)C1=O. The standard InChI is InChI=1S/C11H16O/c1-7-8(2)10(12)11(3)5-4-9(7)6-11/h9H,4-6H2,1-3H3/t9-,11+/m0/s1. The molecule has 0 unspecified atom stereocenters. The van der Waals surface area contributed by atoms with Gasteiger partial charge in [-0.2, -0.15) is 0 Å². The first-order chi connectivity index (χ1) is 5.54. The van der Waals surface area contributed by atoms with Gasteiger partial charge in [-0.1, -0.05) is 12.5 Å². The third kappa shape index (κ3) is 0.825. The second kappa shape index (κ2) is 2.21. The van der Waals surface area contributed by atoms with Crippen molar-refractivity contribution in [3.63, 3.8) is 0 Å². The Balaban J connectivity index is 2.49. The third-order valence-electron chi connectivity index (χ3n) is 3.83. The van der Waals surface area contributed by atoms with E-state index >= 15 is 0 Å². The van der Waals surface area contributed by atoms with Crippen molar-refractivity contribution < 1.29 is 4.79 Å². The van der Waals surface area contributed by atoms with Crippen LogP contribution >= 0.6 is 0 Å². The fraction of sp³-hybridized carbons (Fsp3) is 0.727. The summed E-state index contributed by atoms with van der Waals surface area (Å²) in [7, 11) is 0. The number of hydrogen-bond acceptors (Lipinski definition) is 1. The van der Waals surface area contributed by atoms with E-state index in [0.29, 0.717) is 11.7 Å². The van der Waals surface area contributed by atoms with E-state index in [-0.39, 0.29) is 5.41 Å². The van der Waals surface area contributed by atoms with E-state index in [1.807, 2.05) is 6.92 Å². The minimum atomic E-state index is 0.00819. The van der Waals surface area contributed by atoms with Gasteiger partial charge in [0.05, 0.1) is 0 Å². The number of Topliss-reactive ketones (excluding diaryl/α,β-unsaturated/α-hetero) is 1. The molecule has 12 heavy (non-hydrogen) atoms. The monoisotopic (exact) mass is 164 g/mol. The van der Waals surface area contributed by atoms with Crippen LogP contribution in [0, 0.1) is 11.3 Å². The molecule has 0 N–H and O–H groups in total. The van der Waals surface area contributed by atoms with Gasteiger partial charge in [-0.3, -0.25) is 4.79 Å². The minimum Gasteiger partial charge on any atom is -0.294 e. The quantitative estimate of drug-likeness (QED) is 0.538. The molecule has 0 radical (unpaired) electrons. The summed E-state index contributed by atoms with van der Waals surface area (Å²) in [6.45, 7) is 6.25. The predicted octanol–water partition coefficient (Wildman–Crippen LogP) is 2.71. The van der Waals surface area contributed by atoms with E-state index in [2.05, 4.69) is 13.8 Å². The molecule has 0 aromatic heterocycles. The Morgan fingerprint density at radius 2 is 2.08 bits per heavy atom. The van der Waals surface area contributed by atoms with Gasteiger partial charge >= 0.3 is 0 Å². The number of fused-ring (bicyclic) bond motifs is 2. The molecule has 0 saturated heterocycles. The Kier molecular flexibility index (Phi) is 1.48. The zero-order valence-corrected chi connectivity index (χ0v) is 8.11. The van der Waals surface area contributed by atoms with Crippen LogP contribution in [0.1, 0.15) is 40.0 Å². The number of hydrogen-bond donors (Lipinski definition) is 0. The molecular formula is C11H16O. The fourth-order valence-electron chi connectivity index (χ4n) is 2.75. The molecule has 2 aliphatic rings. The number of carbonyl (C=O) groups excluding carboxylic acids is 1. The maximum atomic E-state index is 11.9. The molecule has 1 saturated carbocycles. The topological polar surface area (TPSA) is 17.1 Å². The van der Waals surface area contributed by atoms with E-state index in [1.165, 1.54) is 12.0 Å². The molecule has 2 bridgehead atoms. The van der Waals surface area contributed by atoms with Crippen molar-refractivity contribution in [1.82, 2.24) is 0 Å². The lowest BCUT2D eigenvalue weighted by molar-refractivity contribution is -0.124. The molecule has 0 aromatic carbocycles. The molecule has 66 valence electrons. The van der Waals surface area contributed by atoms with Crippen LogP contribution in [0.5, 0.6) is 0 Å². The largest absolute Gasteiger partial charge is 0.294 e. The second-order valence-electron chi connectivity index (χ2n) is 4.64. The van der Waals surface area contributed by atoms with E-state index in [9.17, 15) is 4.79 Å². The van der Waals surface area contributed by atoms with Crippen molar-refractivity contribution >= 4 is 5.78 Å². The number of ketones is 1. The molecule has 2 aliphatic carbocycles. The van der Waals surface area contributed by atoms with Crippen molar-refractivity contribution in [2.24, 2.45) is 11.3 Å². The van der Waals surface area contributed by atoms with Crippen LogP contribution in [0.3, 0.4) is 0 Å². The molecule has 2 rings (SSSR count). The second-order valence-corrected chi connectivity index (χ2v) is 4.64. The van der Waals surface area contributed by atoms with Gasteiger partial charge in [-0.15, -0.1) is 0 Å². The van der Waals surface area contributed by atoms with Crippen molar-refractivity contribution in [2.45, 2.75) is 40.0 Å². The lowest BCUT2D eigenvalue weighted by Gasteiger charge is -2.29. The fourth-order valence-corrected chi connectivity index (χ4v) is 2.75. The molecule has 0 amide bonds. The molecular weight excluding hydrogens is 148 g/mol. The van der Waals surface area contributed by atoms with Crippen LogP contribution in [-0.2, 0) is 4.79 Å². The summed E-state index contributed by atoms with van der Waals surface area (Å²) in [4.78, 5) is 11.9. The summed E-state index contributed by atoms with van der Waals surface area (Å²) in [6.07, 6.45) is 3.44. The average Bonchev–Trinajstić information content (AvgIpc) is 2.41. The lowest BCUT2D eigenvalue weighted by Crippen LogP contribution is -2.29. The van der Waals surface area contributed by atoms with Crippen LogP contribution in [-0.4, -0.2) is 5.78 Å². The first-order valence-corrected chi connectivity index (χ1v) is 4.77. The molecule has 0 aliphatic heterocycles. The minimum absolute atomic E-state index is 0.00819. The van der Waals surface area contributed by atoms with E-state index in [4.69, 9.17) is 0 Å². The van der Waals surface area contributed by atoms with Crippen LogP contribution in [0.2, 0.25) is 0 Å². The summed E-state index contributed by atoms with van der Waals surface area (Å²) in [5, 5.41) is 0. The zero-order chi connectivity index (χ0) is 8.93. The highest BCUT2D eigenvalue weighted by Crippen LogP contribution is 2.50. The van der Waals surface area contributed by atoms with Crippen molar-refractivity contribution in [3.05, 3.63) is 11.1 Å². The summed E-state index contributed by atoms with van der Waals surface area (Å²) < 4.78 is 0. The van der Waals surface area contributed by atoms with Crippen LogP contribution in [0.25, 0.3) is 0 Å². The van der Waals surface area contributed by atoms with Crippen LogP contribution in [0.15, 0.2) is 11.1 Å². The highest BCUT2D eigenvalue weighted by atomic mass is 16.1. The van der Waals surface area contributed by atoms with Crippen molar-refractivity contribution in [1.29, 1.82) is 0 Å². The Hall–Kier alpha value is -0.590. The van der Waals surface area contributed by atoms with Gasteiger partial charge in [-0.05, 0) is 44.6 Å². The number of carbonyl (C=O) groups is 1. The van der Waals surface area contributed by atoms with Gasteiger partial charge in [-0.25, -0.2) is 0 Å². The normalized spacial score (nSPS) is 40.9. The maximum absolute atomic E-state index is 11.9. The first kappa shape index (κ1) is 8.03. The van der Waals surface area contributed by atoms with Gasteiger partial charge in [0.1, 0.15) is 0 Å². The molecule has 0 aromatic rings. The van der Waals surface area contributed by atoms with Gasteiger partial charge in [0.2, 0.25) is 0 Å². The maximum Gasteiger partial charge on any atom is 0.164 e. The number of rotatable bonds is 0. The van der Waals surface area contributed by atoms with Crippen molar-refractivity contribution in [2.75, 3.05) is 0 Å². The smallest absolute Gasteiger partial charge is 0.164 e. The Labute approximate surface area is 73.8 Å². The van der Waals surface area contributed by atoms with Gasteiger partial charge < -0.3 is 0 Å². The molecule has 1 fully saturated rings. The third-order valence-corrected chi connectivity index (χ3v) is 3.83. The number of allylic oxidation sites excluding steroid dienone is 2. The van der Waals surface area contributed by atoms with E-state index < -0.39 is 0 Å². The Bertz CT molecular complexity index is 275. The summed E-state index contributed by atoms with van der Waals surface area (Å²) >= 11 is 0. The summed E-state index contributed by atoms with van der Waals surface area (Å²) in [6, 6.07) is 0. The first-order valence-electron chi connectivity index (χ1n) is 4.77. The Morgan fingerprint density at radius 1 is 1.42 bits per heavy atom. The van der Waals surface area contributed by atoms with E-state index in [0.717, 1.165) is 18.4 Å². The molecule has 1 heteroatoms. The predicted molar refractivity (Wildman–Crippen MR) is 48.8 cm³/mol. The molecule has 2 atom stereocenters. The molecule has 0 heterocycles. The average molecular weight is 164 g/mol. The van der Waals surface area contributed by atoms with Gasteiger partial charge in [0, 0.05) is 5.41 Å². The van der Waals surface area contributed by atoms with Gasteiger partial charge in [0.25, 0.3) is 0 Å². The van der Waals surface area contributed by atoms with Gasteiger partial charge in [0.15, 0.2) is 5.78 Å².